The Morgan fingerprint density at radius 1 is 0.769 bits per heavy atom. The summed E-state index contributed by atoms with van der Waals surface area (Å²) in [5.74, 6) is 0. The van der Waals surface area contributed by atoms with Gasteiger partial charge in [0, 0.05) is 0 Å². The third kappa shape index (κ3) is 5.05. The SMILES string of the molecule is CC1CCC(C)P1.c1ccccc1. The van der Waals surface area contributed by atoms with Crippen molar-refractivity contribution in [1.29, 1.82) is 0 Å². The van der Waals surface area contributed by atoms with Gasteiger partial charge in [-0.05, 0) is 24.2 Å². The lowest BCUT2D eigenvalue weighted by atomic mass is 10.2. The Kier molecular flexibility index (Phi) is 5.08. The monoisotopic (exact) mass is 194 g/mol. The molecule has 0 N–H and O–H groups in total. The maximum absolute atomic E-state index is 2.36. The van der Waals surface area contributed by atoms with Crippen LogP contribution in [0.4, 0.5) is 0 Å². The van der Waals surface area contributed by atoms with Crippen molar-refractivity contribution in [3.63, 3.8) is 0 Å². The van der Waals surface area contributed by atoms with Crippen LogP contribution in [0.3, 0.4) is 0 Å². The molecule has 0 amide bonds. The molecule has 0 spiro atoms. The minimum atomic E-state index is 1.05. The number of benzene rings is 1. The molecule has 0 bridgehead atoms. The van der Waals surface area contributed by atoms with Gasteiger partial charge >= 0.3 is 0 Å². The van der Waals surface area contributed by atoms with Gasteiger partial charge in [0.25, 0.3) is 0 Å². The summed E-state index contributed by atoms with van der Waals surface area (Å²) in [5, 5.41) is 0. The van der Waals surface area contributed by atoms with Crippen molar-refractivity contribution in [3.05, 3.63) is 36.4 Å². The van der Waals surface area contributed by atoms with Crippen LogP contribution >= 0.6 is 8.58 Å². The Hall–Kier alpha value is -0.350. The fourth-order valence-electron chi connectivity index (χ4n) is 1.54. The third-order valence-corrected chi connectivity index (χ3v) is 3.98. The van der Waals surface area contributed by atoms with Gasteiger partial charge in [0.1, 0.15) is 0 Å². The van der Waals surface area contributed by atoms with Crippen LogP contribution in [0.15, 0.2) is 36.4 Å². The van der Waals surface area contributed by atoms with E-state index in [1.807, 2.05) is 36.4 Å². The van der Waals surface area contributed by atoms with E-state index in [9.17, 15) is 0 Å². The predicted molar refractivity (Wildman–Crippen MR) is 62.9 cm³/mol. The zero-order chi connectivity index (χ0) is 9.52. The average molecular weight is 194 g/mol. The quantitative estimate of drug-likeness (QED) is 0.549. The maximum atomic E-state index is 2.36. The van der Waals surface area contributed by atoms with Crippen molar-refractivity contribution in [2.24, 2.45) is 0 Å². The highest BCUT2D eigenvalue weighted by atomic mass is 31.1. The van der Waals surface area contributed by atoms with Gasteiger partial charge < -0.3 is 0 Å². The van der Waals surface area contributed by atoms with Gasteiger partial charge in [0.05, 0.1) is 0 Å². The van der Waals surface area contributed by atoms with E-state index in [0.717, 1.165) is 11.3 Å². The van der Waals surface area contributed by atoms with E-state index in [0.29, 0.717) is 0 Å². The Morgan fingerprint density at radius 3 is 1.23 bits per heavy atom. The molecule has 2 atom stereocenters. The lowest BCUT2D eigenvalue weighted by Gasteiger charge is -1.97. The molecule has 13 heavy (non-hydrogen) atoms. The van der Waals surface area contributed by atoms with Crippen LogP contribution in [0, 0.1) is 0 Å². The Balaban J connectivity index is 0.000000132. The summed E-state index contributed by atoms with van der Waals surface area (Å²) < 4.78 is 0. The van der Waals surface area contributed by atoms with E-state index in [1.54, 1.807) is 0 Å². The first-order valence-corrected chi connectivity index (χ1v) is 6.20. The van der Waals surface area contributed by atoms with E-state index in [-0.39, 0.29) is 0 Å². The van der Waals surface area contributed by atoms with E-state index in [2.05, 4.69) is 13.8 Å². The highest BCUT2D eigenvalue weighted by molar-refractivity contribution is 7.40. The molecule has 1 aromatic rings. The molecule has 1 aliphatic rings. The Bertz CT molecular complexity index is 173. The zero-order valence-electron chi connectivity index (χ0n) is 8.53. The number of hydrogen-bond acceptors (Lipinski definition) is 0. The van der Waals surface area contributed by atoms with Gasteiger partial charge in [0.2, 0.25) is 0 Å². The normalized spacial score (nSPS) is 28.2. The molecule has 0 aliphatic carbocycles. The van der Waals surface area contributed by atoms with Crippen LogP contribution in [-0.2, 0) is 0 Å². The Morgan fingerprint density at radius 2 is 1.08 bits per heavy atom. The van der Waals surface area contributed by atoms with Crippen molar-refractivity contribution < 1.29 is 0 Å². The van der Waals surface area contributed by atoms with Gasteiger partial charge in [-0.2, -0.15) is 0 Å². The molecule has 2 unspecified atom stereocenters. The molecule has 0 aromatic heterocycles. The molecule has 0 radical (unpaired) electrons. The first-order chi connectivity index (χ1) is 6.29. The van der Waals surface area contributed by atoms with Gasteiger partial charge in [-0.15, -0.1) is 8.58 Å². The number of rotatable bonds is 0. The molecule has 2 rings (SSSR count). The second kappa shape index (κ2) is 6.16. The van der Waals surface area contributed by atoms with Crippen molar-refractivity contribution in [1.82, 2.24) is 0 Å². The summed E-state index contributed by atoms with van der Waals surface area (Å²) in [4.78, 5) is 0. The highest BCUT2D eigenvalue weighted by Crippen LogP contribution is 2.38. The summed E-state index contributed by atoms with van der Waals surface area (Å²) in [7, 11) is 1.26. The lowest BCUT2D eigenvalue weighted by Crippen LogP contribution is -1.81. The van der Waals surface area contributed by atoms with Crippen LogP contribution in [0.1, 0.15) is 26.7 Å². The molecular weight excluding hydrogens is 175 g/mol. The average Bonchev–Trinajstić information content (AvgIpc) is 2.54. The molecule has 1 saturated heterocycles. The summed E-state index contributed by atoms with van der Waals surface area (Å²) in [6, 6.07) is 12.0. The standard InChI is InChI=1S/C6H13P.C6H6/c1-5-3-4-6(2)7-5;1-2-4-6-5-3-1/h5-7H,3-4H2,1-2H3;1-6H. The second-order valence-electron chi connectivity index (χ2n) is 3.70. The zero-order valence-corrected chi connectivity index (χ0v) is 9.53. The van der Waals surface area contributed by atoms with Gasteiger partial charge in [-0.3, -0.25) is 0 Å². The minimum Gasteiger partial charge on any atom is -0.116 e. The van der Waals surface area contributed by atoms with E-state index >= 15 is 0 Å². The van der Waals surface area contributed by atoms with Crippen LogP contribution in [0.2, 0.25) is 0 Å². The van der Waals surface area contributed by atoms with E-state index < -0.39 is 0 Å². The smallest absolute Gasteiger partial charge is 0.0262 e. The minimum absolute atomic E-state index is 1.05. The third-order valence-electron chi connectivity index (χ3n) is 2.27. The molecule has 1 aromatic carbocycles. The van der Waals surface area contributed by atoms with Crippen LogP contribution in [-0.4, -0.2) is 11.3 Å². The van der Waals surface area contributed by atoms with E-state index in [4.69, 9.17) is 0 Å². The predicted octanol–water partition coefficient (Wildman–Crippen LogP) is 3.92. The molecule has 1 fully saturated rings. The fourth-order valence-corrected chi connectivity index (χ4v) is 3.18. The van der Waals surface area contributed by atoms with Crippen molar-refractivity contribution >= 4 is 8.58 Å². The highest BCUT2D eigenvalue weighted by Gasteiger charge is 2.15. The molecule has 0 nitrogen and oxygen atoms in total. The maximum Gasteiger partial charge on any atom is -0.0262 e. The van der Waals surface area contributed by atoms with Crippen LogP contribution < -0.4 is 0 Å². The first kappa shape index (κ1) is 10.7. The largest absolute Gasteiger partial charge is 0.116 e. The molecule has 1 aliphatic heterocycles. The molecule has 0 saturated carbocycles. The van der Waals surface area contributed by atoms with Crippen molar-refractivity contribution in [2.75, 3.05) is 0 Å². The van der Waals surface area contributed by atoms with Crippen molar-refractivity contribution in [3.8, 4) is 0 Å². The van der Waals surface area contributed by atoms with Crippen molar-refractivity contribution in [2.45, 2.75) is 38.0 Å². The summed E-state index contributed by atoms with van der Waals surface area (Å²) >= 11 is 0. The second-order valence-corrected chi connectivity index (χ2v) is 6.01. The topological polar surface area (TPSA) is 0 Å². The number of hydrogen-bond donors (Lipinski definition) is 0. The fraction of sp³-hybridized carbons (Fsp3) is 0.500. The first-order valence-electron chi connectivity index (χ1n) is 5.05. The van der Waals surface area contributed by atoms with Gasteiger partial charge in [-0.25, -0.2) is 0 Å². The van der Waals surface area contributed by atoms with Crippen LogP contribution in [0.25, 0.3) is 0 Å². The molecule has 1 heteroatoms. The molecular formula is C12H19P. The Labute approximate surface area is 83.5 Å². The van der Waals surface area contributed by atoms with Gasteiger partial charge in [-0.1, -0.05) is 50.2 Å². The van der Waals surface area contributed by atoms with E-state index in [1.165, 1.54) is 21.4 Å². The summed E-state index contributed by atoms with van der Waals surface area (Å²) in [6.45, 7) is 4.73. The summed E-state index contributed by atoms with van der Waals surface area (Å²) in [5.41, 5.74) is 2.10. The lowest BCUT2D eigenvalue weighted by molar-refractivity contribution is 0.777. The molecule has 72 valence electrons. The molecule has 1 heterocycles. The summed E-state index contributed by atoms with van der Waals surface area (Å²) in [6.07, 6.45) is 2.97. The van der Waals surface area contributed by atoms with Crippen LogP contribution in [0.5, 0.6) is 0 Å². The van der Waals surface area contributed by atoms with Gasteiger partial charge in [0.15, 0.2) is 0 Å².